The van der Waals surface area contributed by atoms with Gasteiger partial charge in [-0.1, -0.05) is 24.4 Å². The molecule has 2 nitrogen and oxygen atoms in total. The van der Waals surface area contributed by atoms with Gasteiger partial charge in [-0.2, -0.15) is 0 Å². The molecule has 0 fully saturated rings. The van der Waals surface area contributed by atoms with Crippen LogP contribution in [-0.4, -0.2) is 8.64 Å². The van der Waals surface area contributed by atoms with Crippen molar-refractivity contribution in [2.24, 2.45) is 5.73 Å². The van der Waals surface area contributed by atoms with Gasteiger partial charge in [-0.3, -0.25) is 0 Å². The molecule has 0 saturated heterocycles. The largest absolute Gasteiger partial charge is 0.384 e. The third-order valence-electron chi connectivity index (χ3n) is 0.253. The maximum absolute atomic E-state index is 5.14. The van der Waals surface area contributed by atoms with Gasteiger partial charge in [-0.15, -0.1) is 12.6 Å². The smallest absolute Gasteiger partial charge is 0.143 e. The molecule has 52 valence electrons. The zero-order valence-electron chi connectivity index (χ0n) is 4.16. The van der Waals surface area contributed by atoms with Crippen LogP contribution >= 0.6 is 58.8 Å². The van der Waals surface area contributed by atoms with Crippen molar-refractivity contribution in [2.75, 3.05) is 0 Å². The number of hydrogen-bond acceptors (Lipinski definition) is 4. The van der Waals surface area contributed by atoms with E-state index in [2.05, 4.69) is 41.8 Å². The lowest BCUT2D eigenvalue weighted by Gasteiger charge is -1.97. The first kappa shape index (κ1) is 9.83. The maximum atomic E-state index is 5.14. The predicted molar refractivity (Wildman–Crippen MR) is 56.7 cm³/mol. The van der Waals surface area contributed by atoms with Gasteiger partial charge in [0.25, 0.3) is 0 Å². The highest BCUT2D eigenvalue weighted by molar-refractivity contribution is 8.83. The van der Waals surface area contributed by atoms with Crippen molar-refractivity contribution >= 4 is 67.5 Å². The summed E-state index contributed by atoms with van der Waals surface area (Å²) in [6.45, 7) is 0. The summed E-state index contributed by atoms with van der Waals surface area (Å²) >= 11 is 12.9. The number of rotatable bonds is 2. The van der Waals surface area contributed by atoms with Crippen molar-refractivity contribution in [1.29, 1.82) is 0 Å². The highest BCUT2D eigenvalue weighted by Crippen LogP contribution is 2.16. The van der Waals surface area contributed by atoms with Crippen LogP contribution in [0.25, 0.3) is 0 Å². The number of hydrogen-bond donors (Lipinski definition) is 3. The summed E-state index contributed by atoms with van der Waals surface area (Å²) in [5, 5.41) is 0. The van der Waals surface area contributed by atoms with E-state index < -0.39 is 0 Å². The molecule has 0 amide bonds. The van der Waals surface area contributed by atoms with E-state index in [-0.39, 0.29) is 0 Å². The van der Waals surface area contributed by atoms with Gasteiger partial charge in [-0.25, -0.2) is 0 Å². The summed E-state index contributed by atoms with van der Waals surface area (Å²) < 4.78 is 3.48. The van der Waals surface area contributed by atoms with Gasteiger partial charge in [0.1, 0.15) is 8.64 Å². The predicted octanol–water partition coefficient (Wildman–Crippen LogP) is 1.33. The molecule has 0 bridgehead atoms. The summed E-state index contributed by atoms with van der Waals surface area (Å²) in [5.41, 5.74) is 5.14. The zero-order valence-corrected chi connectivity index (χ0v) is 8.32. The minimum absolute atomic E-state index is 0.372. The monoisotopic (exact) mass is 216 g/mol. The van der Waals surface area contributed by atoms with E-state index in [0.29, 0.717) is 8.64 Å². The summed E-state index contributed by atoms with van der Waals surface area (Å²) in [7, 11) is 2.49. The lowest BCUT2D eigenvalue weighted by molar-refractivity contribution is 1.67. The van der Waals surface area contributed by atoms with Crippen molar-refractivity contribution in [3.8, 4) is 0 Å². The number of nitrogens with two attached hydrogens (primary N) is 1. The number of thiol groups is 1. The molecule has 0 unspecified atom stereocenters. The Labute approximate surface area is 77.6 Å². The maximum Gasteiger partial charge on any atom is 0.143 e. The normalized spacial score (nSPS) is 8.56. The average molecular weight is 216 g/mol. The van der Waals surface area contributed by atoms with Crippen molar-refractivity contribution in [2.45, 2.75) is 0 Å². The Balaban J connectivity index is 3.10. The standard InChI is InChI=1S/C2H4N2S5/c3-1(5)8-9-4-2(6)7/h(H2,3,5)(H2,4,6,7). The van der Waals surface area contributed by atoms with Gasteiger partial charge in [-0.05, 0) is 10.8 Å². The van der Waals surface area contributed by atoms with E-state index in [9.17, 15) is 0 Å². The third-order valence-corrected chi connectivity index (χ3v) is 2.89. The molecule has 0 spiro atoms. The first-order valence-electron chi connectivity index (χ1n) is 1.75. The lowest BCUT2D eigenvalue weighted by Crippen LogP contribution is -2.06. The highest BCUT2D eigenvalue weighted by atomic mass is 33.1. The minimum Gasteiger partial charge on any atom is -0.384 e. The van der Waals surface area contributed by atoms with Crippen LogP contribution in [0.2, 0.25) is 0 Å². The Kier molecular flexibility index (Phi) is 6.12. The summed E-state index contributed by atoms with van der Waals surface area (Å²) in [4.78, 5) is 0. The molecule has 0 aliphatic heterocycles. The van der Waals surface area contributed by atoms with Crippen LogP contribution < -0.4 is 10.5 Å². The molecule has 0 atom stereocenters. The number of nitrogens with one attached hydrogen (secondary N) is 1. The molecule has 0 saturated carbocycles. The van der Waals surface area contributed by atoms with E-state index in [0.717, 1.165) is 0 Å². The molecule has 0 heterocycles. The van der Waals surface area contributed by atoms with Crippen LogP contribution in [0.5, 0.6) is 0 Å². The Hall–Kier alpha value is 0.830. The van der Waals surface area contributed by atoms with Crippen molar-refractivity contribution in [3.63, 3.8) is 0 Å². The van der Waals surface area contributed by atoms with Gasteiger partial charge in [0.2, 0.25) is 0 Å². The molecular weight excluding hydrogens is 212 g/mol. The molecule has 7 heteroatoms. The van der Waals surface area contributed by atoms with E-state index in [4.69, 9.17) is 5.73 Å². The fourth-order valence-corrected chi connectivity index (χ4v) is 1.83. The molecule has 0 rings (SSSR count). The van der Waals surface area contributed by atoms with Crippen LogP contribution in [0.3, 0.4) is 0 Å². The van der Waals surface area contributed by atoms with Crippen LogP contribution in [0.15, 0.2) is 0 Å². The van der Waals surface area contributed by atoms with E-state index in [1.54, 1.807) is 0 Å². The molecule has 0 aromatic rings. The topological polar surface area (TPSA) is 38.0 Å². The average Bonchev–Trinajstić information content (AvgIpc) is 1.63. The molecule has 0 aliphatic carbocycles. The second-order valence-electron chi connectivity index (χ2n) is 0.893. The van der Waals surface area contributed by atoms with Gasteiger partial charge in [0, 0.05) is 11.0 Å². The third kappa shape index (κ3) is 8.83. The SMILES string of the molecule is NC(=S)SSNC(=S)S. The van der Waals surface area contributed by atoms with Gasteiger partial charge < -0.3 is 10.5 Å². The van der Waals surface area contributed by atoms with Crippen LogP contribution in [0, 0.1) is 0 Å². The molecule has 0 aromatic carbocycles. The van der Waals surface area contributed by atoms with Crippen molar-refractivity contribution < 1.29 is 0 Å². The first-order valence-corrected chi connectivity index (χ1v) is 5.16. The highest BCUT2D eigenvalue weighted by Gasteiger charge is 1.90. The quantitative estimate of drug-likeness (QED) is 0.280. The molecule has 0 aliphatic rings. The first-order chi connectivity index (χ1) is 4.13. The fraction of sp³-hybridized carbons (Fsp3) is 0. The van der Waals surface area contributed by atoms with E-state index in [1.807, 2.05) is 0 Å². The summed E-state index contributed by atoms with van der Waals surface area (Å²) in [6, 6.07) is 0. The molecule has 0 radical (unpaired) electrons. The zero-order chi connectivity index (χ0) is 7.28. The Bertz CT molecular complexity index is 108. The van der Waals surface area contributed by atoms with Gasteiger partial charge in [0.05, 0.1) is 0 Å². The summed E-state index contributed by atoms with van der Waals surface area (Å²) in [5.74, 6) is 0. The van der Waals surface area contributed by atoms with Crippen molar-refractivity contribution in [1.82, 2.24) is 4.72 Å². The van der Waals surface area contributed by atoms with Crippen LogP contribution in [0.4, 0.5) is 0 Å². The van der Waals surface area contributed by atoms with E-state index >= 15 is 0 Å². The lowest BCUT2D eigenvalue weighted by atomic mass is 11.5. The van der Waals surface area contributed by atoms with Crippen molar-refractivity contribution in [3.05, 3.63) is 0 Å². The second-order valence-corrected chi connectivity index (χ2v) is 4.73. The Morgan fingerprint density at radius 2 is 2.11 bits per heavy atom. The molecular formula is C2H4N2S5. The molecule has 9 heavy (non-hydrogen) atoms. The molecule has 3 N–H and O–H groups in total. The Morgan fingerprint density at radius 1 is 1.56 bits per heavy atom. The fourth-order valence-electron chi connectivity index (χ4n) is 0.0975. The van der Waals surface area contributed by atoms with Crippen LogP contribution in [0.1, 0.15) is 0 Å². The number of thiocarbonyl (C=S) groups is 2. The summed E-state index contributed by atoms with van der Waals surface area (Å²) in [6.07, 6.45) is 0. The molecule has 0 aromatic heterocycles. The second kappa shape index (κ2) is 5.60. The minimum atomic E-state index is 0.372. The Morgan fingerprint density at radius 3 is 2.44 bits per heavy atom. The van der Waals surface area contributed by atoms with E-state index in [1.165, 1.54) is 21.8 Å². The van der Waals surface area contributed by atoms with Gasteiger partial charge >= 0.3 is 0 Å². The van der Waals surface area contributed by atoms with Crippen LogP contribution in [-0.2, 0) is 0 Å². The van der Waals surface area contributed by atoms with Gasteiger partial charge in [0.15, 0.2) is 0 Å².